The minimum Gasteiger partial charge on any atom is -0.347 e. The molecule has 1 fully saturated rings. The van der Waals surface area contributed by atoms with Gasteiger partial charge in [0, 0.05) is 5.56 Å². The highest BCUT2D eigenvalue weighted by atomic mass is 16.7. The maximum atomic E-state index is 6.13. The molecule has 0 aromatic heterocycles. The summed E-state index contributed by atoms with van der Waals surface area (Å²) >= 11 is 0. The molecular weight excluding hydrogens is 262 g/mol. The van der Waals surface area contributed by atoms with Crippen LogP contribution in [0.15, 0.2) is 61.2 Å². The summed E-state index contributed by atoms with van der Waals surface area (Å²) in [6, 6.07) is 17.9. The average Bonchev–Trinajstić information content (AvgIpc) is 2.56. The quantitative estimate of drug-likeness (QED) is 0.937. The molecule has 0 amide bonds. The highest BCUT2D eigenvalue weighted by Gasteiger charge is 2.31. The van der Waals surface area contributed by atoms with Gasteiger partial charge < -0.3 is 15.2 Å². The van der Waals surface area contributed by atoms with Gasteiger partial charge in [-0.3, -0.25) is 0 Å². The molecule has 0 spiro atoms. The van der Waals surface area contributed by atoms with Gasteiger partial charge in [-0.15, -0.1) is 0 Å². The summed E-state index contributed by atoms with van der Waals surface area (Å²) in [5.74, 6) is 0. The molecule has 2 aromatic rings. The molecule has 0 saturated carbocycles. The second-order valence-corrected chi connectivity index (χ2v) is 5.17. The molecule has 2 aromatic carbocycles. The number of hydrogen-bond donors (Lipinski definition) is 1. The van der Waals surface area contributed by atoms with Gasteiger partial charge in [-0.2, -0.15) is 0 Å². The van der Waals surface area contributed by atoms with Gasteiger partial charge in [0.1, 0.15) is 6.10 Å². The molecule has 2 N–H and O–H groups in total. The molecule has 1 aliphatic heterocycles. The normalized spacial score (nSPS) is 25.5. The van der Waals surface area contributed by atoms with Gasteiger partial charge in [-0.05, 0) is 11.1 Å². The molecule has 1 saturated heterocycles. The summed E-state index contributed by atoms with van der Waals surface area (Å²) in [7, 11) is 0. The Morgan fingerprint density at radius 1 is 1.00 bits per heavy atom. The monoisotopic (exact) mass is 281 g/mol. The van der Waals surface area contributed by atoms with E-state index < -0.39 is 0 Å². The lowest BCUT2D eigenvalue weighted by Crippen LogP contribution is -2.40. The molecule has 0 aliphatic carbocycles. The van der Waals surface area contributed by atoms with Crippen molar-refractivity contribution in [1.82, 2.24) is 0 Å². The maximum absolute atomic E-state index is 6.13. The van der Waals surface area contributed by atoms with Crippen LogP contribution in [-0.2, 0) is 9.47 Å². The van der Waals surface area contributed by atoms with Crippen LogP contribution in [0.5, 0.6) is 0 Å². The average molecular weight is 281 g/mol. The van der Waals surface area contributed by atoms with Crippen LogP contribution in [0.4, 0.5) is 0 Å². The molecular formula is C18H19NO2. The zero-order valence-corrected chi connectivity index (χ0v) is 11.8. The summed E-state index contributed by atoms with van der Waals surface area (Å²) in [6.45, 7) is 4.24. The minimum atomic E-state index is -0.381. The lowest BCUT2D eigenvalue weighted by Gasteiger charge is -2.35. The summed E-state index contributed by atoms with van der Waals surface area (Å²) in [5, 5.41) is 0. The van der Waals surface area contributed by atoms with Gasteiger partial charge in [0.2, 0.25) is 0 Å². The van der Waals surface area contributed by atoms with Crippen molar-refractivity contribution in [3.63, 3.8) is 0 Å². The third-order valence-electron chi connectivity index (χ3n) is 3.67. The first-order valence-electron chi connectivity index (χ1n) is 7.08. The molecule has 3 nitrogen and oxygen atoms in total. The van der Waals surface area contributed by atoms with Crippen molar-refractivity contribution in [1.29, 1.82) is 0 Å². The molecule has 1 heterocycles. The van der Waals surface area contributed by atoms with E-state index in [1.165, 1.54) is 0 Å². The Balaban J connectivity index is 1.80. The van der Waals surface area contributed by atoms with Gasteiger partial charge >= 0.3 is 0 Å². The third kappa shape index (κ3) is 3.05. The highest BCUT2D eigenvalue weighted by Crippen LogP contribution is 2.34. The van der Waals surface area contributed by atoms with Gasteiger partial charge in [-0.1, -0.05) is 67.3 Å². The molecule has 3 heteroatoms. The Bertz CT molecular complexity index is 594. The first-order chi connectivity index (χ1) is 10.3. The summed E-state index contributed by atoms with van der Waals surface area (Å²) < 4.78 is 11.8. The Hall–Kier alpha value is -1.94. The van der Waals surface area contributed by atoms with E-state index in [-0.39, 0.29) is 18.4 Å². The number of rotatable bonds is 3. The van der Waals surface area contributed by atoms with Gasteiger partial charge in [0.05, 0.1) is 12.6 Å². The lowest BCUT2D eigenvalue weighted by atomic mass is 10.0. The van der Waals surface area contributed by atoms with Crippen molar-refractivity contribution in [2.75, 3.05) is 6.61 Å². The van der Waals surface area contributed by atoms with Crippen molar-refractivity contribution < 1.29 is 9.47 Å². The third-order valence-corrected chi connectivity index (χ3v) is 3.67. The largest absolute Gasteiger partial charge is 0.347 e. The van der Waals surface area contributed by atoms with Gasteiger partial charge in [0.25, 0.3) is 0 Å². The Kier molecular flexibility index (Phi) is 4.15. The maximum Gasteiger partial charge on any atom is 0.184 e. The Morgan fingerprint density at radius 2 is 1.71 bits per heavy atom. The smallest absolute Gasteiger partial charge is 0.184 e. The summed E-state index contributed by atoms with van der Waals surface area (Å²) in [5.41, 5.74) is 9.29. The fourth-order valence-electron chi connectivity index (χ4n) is 2.49. The zero-order chi connectivity index (χ0) is 14.7. The first-order valence-corrected chi connectivity index (χ1v) is 7.08. The molecule has 1 aliphatic rings. The van der Waals surface area contributed by atoms with Crippen molar-refractivity contribution in [2.24, 2.45) is 5.73 Å². The van der Waals surface area contributed by atoms with Crippen LogP contribution >= 0.6 is 0 Å². The summed E-state index contributed by atoms with van der Waals surface area (Å²) in [4.78, 5) is 0. The number of ether oxygens (including phenoxy) is 2. The first kappa shape index (κ1) is 14.0. The molecule has 0 radical (unpaired) electrons. The van der Waals surface area contributed by atoms with E-state index in [1.54, 1.807) is 0 Å². The van der Waals surface area contributed by atoms with Crippen LogP contribution in [-0.4, -0.2) is 12.6 Å². The van der Waals surface area contributed by atoms with Crippen molar-refractivity contribution >= 4 is 6.08 Å². The van der Waals surface area contributed by atoms with Crippen LogP contribution < -0.4 is 5.73 Å². The van der Waals surface area contributed by atoms with Crippen LogP contribution in [0.25, 0.3) is 6.08 Å². The van der Waals surface area contributed by atoms with Crippen LogP contribution in [0.3, 0.4) is 0 Å². The number of benzene rings is 2. The van der Waals surface area contributed by atoms with Crippen LogP contribution in [0.1, 0.15) is 29.1 Å². The fraction of sp³-hybridized carbons (Fsp3) is 0.222. The predicted molar refractivity (Wildman–Crippen MR) is 83.5 cm³/mol. The molecule has 0 bridgehead atoms. The SMILES string of the molecule is C=Cc1ccc([C@@H]2OC[C@H](N)[C@H](c3ccccc3)O2)cc1. The molecule has 3 rings (SSSR count). The fourth-order valence-corrected chi connectivity index (χ4v) is 2.49. The molecule has 3 atom stereocenters. The Labute approximate surface area is 125 Å². The second-order valence-electron chi connectivity index (χ2n) is 5.17. The summed E-state index contributed by atoms with van der Waals surface area (Å²) in [6.07, 6.45) is 1.28. The molecule has 0 unspecified atom stereocenters. The van der Waals surface area contributed by atoms with Crippen molar-refractivity contribution in [3.8, 4) is 0 Å². The molecule has 108 valence electrons. The van der Waals surface area contributed by atoms with Gasteiger partial charge in [-0.25, -0.2) is 0 Å². The van der Waals surface area contributed by atoms with E-state index in [0.717, 1.165) is 16.7 Å². The van der Waals surface area contributed by atoms with E-state index in [9.17, 15) is 0 Å². The van der Waals surface area contributed by atoms with Crippen molar-refractivity contribution in [2.45, 2.75) is 18.4 Å². The lowest BCUT2D eigenvalue weighted by molar-refractivity contribution is -0.227. The minimum absolute atomic E-state index is 0.149. The van der Waals surface area contributed by atoms with Crippen LogP contribution in [0.2, 0.25) is 0 Å². The van der Waals surface area contributed by atoms with E-state index in [2.05, 4.69) is 6.58 Å². The van der Waals surface area contributed by atoms with Crippen molar-refractivity contribution in [3.05, 3.63) is 77.9 Å². The highest BCUT2D eigenvalue weighted by molar-refractivity contribution is 5.47. The van der Waals surface area contributed by atoms with E-state index in [1.807, 2.05) is 60.7 Å². The topological polar surface area (TPSA) is 44.5 Å². The molecule has 21 heavy (non-hydrogen) atoms. The van der Waals surface area contributed by atoms with Crippen LogP contribution in [0, 0.1) is 0 Å². The predicted octanol–water partition coefficient (Wildman–Crippen LogP) is 3.44. The van der Waals surface area contributed by atoms with E-state index in [0.29, 0.717) is 6.61 Å². The standard InChI is InChI=1S/C18H19NO2/c1-2-13-8-10-15(11-9-13)18-20-12-16(19)17(21-18)14-6-4-3-5-7-14/h2-11,16-18H,1,12,19H2/t16-,17-,18+/m0/s1. The Morgan fingerprint density at radius 3 is 2.38 bits per heavy atom. The zero-order valence-electron chi connectivity index (χ0n) is 11.8. The van der Waals surface area contributed by atoms with Gasteiger partial charge in [0.15, 0.2) is 6.29 Å². The van der Waals surface area contributed by atoms with E-state index in [4.69, 9.17) is 15.2 Å². The number of hydrogen-bond acceptors (Lipinski definition) is 3. The number of nitrogens with two attached hydrogens (primary N) is 1. The van der Waals surface area contributed by atoms with E-state index >= 15 is 0 Å². The second kappa shape index (κ2) is 6.22.